The Kier molecular flexibility index (Phi) is 1.93. The van der Waals surface area contributed by atoms with Crippen molar-refractivity contribution >= 4 is 11.0 Å². The van der Waals surface area contributed by atoms with Gasteiger partial charge < -0.3 is 9.30 Å². The van der Waals surface area contributed by atoms with Crippen LogP contribution in [0.5, 0.6) is 5.75 Å². The third-order valence-electron chi connectivity index (χ3n) is 1.99. The first-order valence-corrected chi connectivity index (χ1v) is 4.35. The molecule has 0 N–H and O–H groups in total. The molecule has 2 aromatic rings. The van der Waals surface area contributed by atoms with E-state index in [1.807, 2.05) is 36.9 Å². The molecule has 2 aromatic heterocycles. The van der Waals surface area contributed by atoms with E-state index in [1.54, 1.807) is 6.20 Å². The van der Waals surface area contributed by atoms with Crippen LogP contribution in [0.1, 0.15) is 6.92 Å². The molecule has 13 heavy (non-hydrogen) atoms. The van der Waals surface area contributed by atoms with E-state index in [4.69, 9.17) is 4.74 Å². The van der Waals surface area contributed by atoms with Gasteiger partial charge in [0.1, 0.15) is 11.4 Å². The van der Waals surface area contributed by atoms with Crippen LogP contribution in [0.3, 0.4) is 0 Å². The third-order valence-corrected chi connectivity index (χ3v) is 1.99. The number of fused-ring (bicyclic) bond motifs is 1. The highest BCUT2D eigenvalue weighted by atomic mass is 16.5. The fourth-order valence-electron chi connectivity index (χ4n) is 1.38. The van der Waals surface area contributed by atoms with Crippen LogP contribution < -0.4 is 4.74 Å². The van der Waals surface area contributed by atoms with E-state index in [9.17, 15) is 0 Å². The minimum atomic E-state index is 0.681. The van der Waals surface area contributed by atoms with Gasteiger partial charge >= 0.3 is 0 Å². The number of hydrogen-bond donors (Lipinski definition) is 0. The lowest BCUT2D eigenvalue weighted by molar-refractivity contribution is 0.339. The standard InChI is InChI=1S/C10H12N2O/c1-3-13-9-6-8-4-5-12(2)10(8)11-7-9/h4-7H,3H2,1-2H3. The fraction of sp³-hybridized carbons (Fsp3) is 0.300. The maximum atomic E-state index is 5.35. The Bertz CT molecular complexity index is 420. The van der Waals surface area contributed by atoms with Gasteiger partial charge in [-0.1, -0.05) is 0 Å². The van der Waals surface area contributed by atoms with Gasteiger partial charge in [-0.2, -0.15) is 0 Å². The molecule has 0 bridgehead atoms. The highest BCUT2D eigenvalue weighted by Crippen LogP contribution is 2.18. The lowest BCUT2D eigenvalue weighted by Gasteiger charge is -2.01. The van der Waals surface area contributed by atoms with Crippen molar-refractivity contribution in [2.24, 2.45) is 7.05 Å². The summed E-state index contributed by atoms with van der Waals surface area (Å²) in [4.78, 5) is 4.30. The summed E-state index contributed by atoms with van der Waals surface area (Å²) in [5.74, 6) is 0.834. The molecule has 0 saturated carbocycles. The van der Waals surface area contributed by atoms with Crippen molar-refractivity contribution in [3.8, 4) is 5.75 Å². The van der Waals surface area contributed by atoms with Crippen LogP contribution in [0.4, 0.5) is 0 Å². The minimum Gasteiger partial charge on any atom is -0.492 e. The Morgan fingerprint density at radius 2 is 2.38 bits per heavy atom. The van der Waals surface area contributed by atoms with Crippen molar-refractivity contribution in [2.75, 3.05) is 6.61 Å². The summed E-state index contributed by atoms with van der Waals surface area (Å²) in [6, 6.07) is 4.04. The van der Waals surface area contributed by atoms with E-state index >= 15 is 0 Å². The first kappa shape index (κ1) is 8.10. The second-order valence-electron chi connectivity index (χ2n) is 2.94. The molecule has 0 aliphatic heterocycles. The van der Waals surface area contributed by atoms with Gasteiger partial charge in [0.25, 0.3) is 0 Å². The van der Waals surface area contributed by atoms with Crippen LogP contribution in [-0.2, 0) is 7.05 Å². The summed E-state index contributed by atoms with van der Waals surface area (Å²) in [5.41, 5.74) is 0.989. The molecule has 0 saturated heterocycles. The van der Waals surface area contributed by atoms with E-state index in [1.165, 1.54) is 0 Å². The van der Waals surface area contributed by atoms with Gasteiger partial charge in [0.15, 0.2) is 0 Å². The zero-order chi connectivity index (χ0) is 9.26. The largest absolute Gasteiger partial charge is 0.492 e. The molecule has 0 atom stereocenters. The van der Waals surface area contributed by atoms with E-state index in [0.717, 1.165) is 16.8 Å². The molecule has 0 aliphatic rings. The molecular formula is C10H12N2O. The van der Waals surface area contributed by atoms with Gasteiger partial charge in [-0.3, -0.25) is 0 Å². The highest BCUT2D eigenvalue weighted by Gasteiger charge is 2.00. The van der Waals surface area contributed by atoms with Gasteiger partial charge in [-0.15, -0.1) is 0 Å². The fourth-order valence-corrected chi connectivity index (χ4v) is 1.38. The molecule has 0 radical (unpaired) electrons. The van der Waals surface area contributed by atoms with Crippen LogP contribution in [0.15, 0.2) is 24.5 Å². The molecular weight excluding hydrogens is 164 g/mol. The molecule has 0 unspecified atom stereocenters. The number of aromatic nitrogens is 2. The number of rotatable bonds is 2. The van der Waals surface area contributed by atoms with Crippen LogP contribution in [0, 0.1) is 0 Å². The van der Waals surface area contributed by atoms with E-state index < -0.39 is 0 Å². The summed E-state index contributed by atoms with van der Waals surface area (Å²) in [5, 5.41) is 1.12. The average molecular weight is 176 g/mol. The summed E-state index contributed by atoms with van der Waals surface area (Å²) >= 11 is 0. The van der Waals surface area contributed by atoms with Gasteiger partial charge in [-0.05, 0) is 19.1 Å². The summed E-state index contributed by atoms with van der Waals surface area (Å²) in [7, 11) is 1.98. The Morgan fingerprint density at radius 3 is 3.15 bits per heavy atom. The lowest BCUT2D eigenvalue weighted by Crippen LogP contribution is -1.93. The first-order chi connectivity index (χ1) is 6.31. The molecule has 3 heteroatoms. The minimum absolute atomic E-state index is 0.681. The quantitative estimate of drug-likeness (QED) is 0.699. The Morgan fingerprint density at radius 1 is 1.54 bits per heavy atom. The molecule has 0 amide bonds. The maximum absolute atomic E-state index is 5.35. The number of nitrogens with zero attached hydrogens (tertiary/aromatic N) is 2. The molecule has 2 rings (SSSR count). The van der Waals surface area contributed by atoms with Crippen molar-refractivity contribution in [3.05, 3.63) is 24.5 Å². The van der Waals surface area contributed by atoms with Crippen LogP contribution in [0.25, 0.3) is 11.0 Å². The van der Waals surface area contributed by atoms with Crippen molar-refractivity contribution in [1.82, 2.24) is 9.55 Å². The summed E-state index contributed by atoms with van der Waals surface area (Å²) in [6.07, 6.45) is 3.75. The number of aryl methyl sites for hydroxylation is 1. The predicted molar refractivity (Wildman–Crippen MR) is 51.9 cm³/mol. The zero-order valence-electron chi connectivity index (χ0n) is 7.82. The summed E-state index contributed by atoms with van der Waals surface area (Å²) in [6.45, 7) is 2.65. The van der Waals surface area contributed by atoms with E-state index in [2.05, 4.69) is 4.98 Å². The van der Waals surface area contributed by atoms with Crippen LogP contribution >= 0.6 is 0 Å². The van der Waals surface area contributed by atoms with Gasteiger partial charge in [0.2, 0.25) is 0 Å². The molecule has 68 valence electrons. The molecule has 2 heterocycles. The van der Waals surface area contributed by atoms with Crippen LogP contribution in [-0.4, -0.2) is 16.2 Å². The van der Waals surface area contributed by atoms with E-state index in [-0.39, 0.29) is 0 Å². The molecule has 0 aliphatic carbocycles. The van der Waals surface area contributed by atoms with Crippen LogP contribution in [0.2, 0.25) is 0 Å². The van der Waals surface area contributed by atoms with Crippen molar-refractivity contribution in [1.29, 1.82) is 0 Å². The smallest absolute Gasteiger partial charge is 0.139 e. The average Bonchev–Trinajstić information content (AvgIpc) is 2.48. The second-order valence-corrected chi connectivity index (χ2v) is 2.94. The molecule has 0 aromatic carbocycles. The number of ether oxygens (including phenoxy) is 1. The number of pyridine rings is 1. The van der Waals surface area contributed by atoms with Crippen molar-refractivity contribution in [2.45, 2.75) is 6.92 Å². The van der Waals surface area contributed by atoms with Gasteiger partial charge in [0.05, 0.1) is 12.8 Å². The van der Waals surface area contributed by atoms with Gasteiger partial charge in [0, 0.05) is 18.6 Å². The zero-order valence-corrected chi connectivity index (χ0v) is 7.82. The normalized spacial score (nSPS) is 10.6. The number of hydrogen-bond acceptors (Lipinski definition) is 2. The Balaban J connectivity index is 2.50. The Labute approximate surface area is 77.0 Å². The molecule has 0 spiro atoms. The van der Waals surface area contributed by atoms with Crippen molar-refractivity contribution < 1.29 is 4.74 Å². The lowest BCUT2D eigenvalue weighted by atomic mass is 10.3. The highest BCUT2D eigenvalue weighted by molar-refractivity contribution is 5.77. The van der Waals surface area contributed by atoms with Gasteiger partial charge in [-0.25, -0.2) is 4.98 Å². The third kappa shape index (κ3) is 1.37. The first-order valence-electron chi connectivity index (χ1n) is 4.35. The monoisotopic (exact) mass is 176 g/mol. The predicted octanol–water partition coefficient (Wildman–Crippen LogP) is 1.97. The van der Waals surface area contributed by atoms with E-state index in [0.29, 0.717) is 6.61 Å². The SMILES string of the molecule is CCOc1cnc2c(ccn2C)c1. The molecule has 0 fully saturated rings. The van der Waals surface area contributed by atoms with Crippen molar-refractivity contribution in [3.63, 3.8) is 0 Å². The molecule has 3 nitrogen and oxygen atoms in total. The maximum Gasteiger partial charge on any atom is 0.139 e. The summed E-state index contributed by atoms with van der Waals surface area (Å²) < 4.78 is 7.34. The Hall–Kier alpha value is -1.51. The topological polar surface area (TPSA) is 27.1 Å². The second kappa shape index (κ2) is 3.09.